The molecule has 0 aliphatic carbocycles. The molecule has 1 aromatic carbocycles. The highest BCUT2D eigenvalue weighted by Crippen LogP contribution is 2.24. The van der Waals surface area contributed by atoms with Crippen LogP contribution in [0, 0.1) is 0 Å². The van der Waals surface area contributed by atoms with Gasteiger partial charge in [0.25, 0.3) is 0 Å². The molecule has 0 amide bonds. The highest BCUT2D eigenvalue weighted by atomic mass is 16.4. The van der Waals surface area contributed by atoms with Gasteiger partial charge in [0.2, 0.25) is 0 Å². The van der Waals surface area contributed by atoms with Gasteiger partial charge in [0.15, 0.2) is 0 Å². The van der Waals surface area contributed by atoms with Gasteiger partial charge < -0.3 is 9.32 Å². The van der Waals surface area contributed by atoms with E-state index in [4.69, 9.17) is 4.42 Å². The van der Waals surface area contributed by atoms with E-state index in [9.17, 15) is 4.79 Å². The second kappa shape index (κ2) is 6.85. The summed E-state index contributed by atoms with van der Waals surface area (Å²) in [5.74, 6) is 0.465. The van der Waals surface area contributed by atoms with Crippen LogP contribution in [0.25, 0.3) is 11.0 Å². The molecule has 0 unspecified atom stereocenters. The van der Waals surface area contributed by atoms with Crippen LogP contribution in [-0.4, -0.2) is 42.5 Å². The largest absolute Gasteiger partial charge is 0.423 e. The lowest BCUT2D eigenvalue weighted by Gasteiger charge is -2.34. The van der Waals surface area contributed by atoms with Crippen LogP contribution >= 0.6 is 0 Å². The third kappa shape index (κ3) is 3.65. The summed E-state index contributed by atoms with van der Waals surface area (Å²) in [5.41, 5.74) is 2.81. The Balaban J connectivity index is 1.90. The van der Waals surface area contributed by atoms with E-state index in [-0.39, 0.29) is 5.63 Å². The third-order valence-corrected chi connectivity index (χ3v) is 4.82. The van der Waals surface area contributed by atoms with E-state index >= 15 is 0 Å². The highest BCUT2D eigenvalue weighted by Gasteiger charge is 2.17. The summed E-state index contributed by atoms with van der Waals surface area (Å²) in [6.45, 7) is 12.8. The number of likely N-dealkylation sites (N-methyl/N-ethyl adjacent to an activating group) is 1. The van der Waals surface area contributed by atoms with Crippen LogP contribution in [0.15, 0.2) is 33.5 Å². The molecule has 0 saturated carbocycles. The van der Waals surface area contributed by atoms with Gasteiger partial charge in [-0.15, -0.1) is 0 Å². The zero-order valence-corrected chi connectivity index (χ0v) is 14.3. The number of fused-ring (bicyclic) bond motifs is 1. The van der Waals surface area contributed by atoms with Gasteiger partial charge in [-0.2, -0.15) is 0 Å². The first-order valence-corrected chi connectivity index (χ1v) is 8.58. The SMILES string of the molecule is CCN1CCN(Cc2cc(=O)oc3ccc(C(C)C)cc23)CC1. The second-order valence-corrected chi connectivity index (χ2v) is 6.71. The van der Waals surface area contributed by atoms with Crippen LogP contribution in [0.3, 0.4) is 0 Å². The first-order valence-electron chi connectivity index (χ1n) is 8.58. The Bertz CT molecular complexity index is 728. The summed E-state index contributed by atoms with van der Waals surface area (Å²) in [7, 11) is 0. The summed E-state index contributed by atoms with van der Waals surface area (Å²) in [4.78, 5) is 16.8. The van der Waals surface area contributed by atoms with E-state index in [1.807, 2.05) is 6.07 Å². The van der Waals surface area contributed by atoms with E-state index in [2.05, 4.69) is 42.7 Å². The van der Waals surface area contributed by atoms with Gasteiger partial charge in [0, 0.05) is 44.2 Å². The topological polar surface area (TPSA) is 36.7 Å². The molecule has 1 aliphatic rings. The molecule has 0 bridgehead atoms. The highest BCUT2D eigenvalue weighted by molar-refractivity contribution is 5.81. The van der Waals surface area contributed by atoms with Gasteiger partial charge >= 0.3 is 5.63 Å². The van der Waals surface area contributed by atoms with Crippen molar-refractivity contribution in [3.05, 3.63) is 45.8 Å². The van der Waals surface area contributed by atoms with Gasteiger partial charge in [-0.05, 0) is 35.7 Å². The first-order chi connectivity index (χ1) is 11.1. The van der Waals surface area contributed by atoms with Crippen molar-refractivity contribution < 1.29 is 4.42 Å². The molecule has 4 nitrogen and oxygen atoms in total. The van der Waals surface area contributed by atoms with E-state index in [1.165, 1.54) is 5.56 Å². The average Bonchev–Trinajstić information content (AvgIpc) is 2.55. The number of nitrogens with zero attached hydrogens (tertiary/aromatic N) is 2. The molecule has 0 N–H and O–H groups in total. The van der Waals surface area contributed by atoms with Crippen molar-refractivity contribution in [2.45, 2.75) is 33.2 Å². The molecule has 0 atom stereocenters. The molecular formula is C19H26N2O2. The van der Waals surface area contributed by atoms with Gasteiger partial charge in [-0.3, -0.25) is 4.90 Å². The van der Waals surface area contributed by atoms with Crippen molar-refractivity contribution in [3.8, 4) is 0 Å². The maximum atomic E-state index is 11.9. The van der Waals surface area contributed by atoms with Crippen molar-refractivity contribution in [3.63, 3.8) is 0 Å². The van der Waals surface area contributed by atoms with Gasteiger partial charge in [-0.25, -0.2) is 4.79 Å². The molecule has 3 rings (SSSR count). The van der Waals surface area contributed by atoms with Gasteiger partial charge in [-0.1, -0.05) is 26.8 Å². The fourth-order valence-corrected chi connectivity index (χ4v) is 3.24. The summed E-state index contributed by atoms with van der Waals surface area (Å²) < 4.78 is 5.38. The van der Waals surface area contributed by atoms with Crippen molar-refractivity contribution in [1.82, 2.24) is 9.80 Å². The number of rotatable bonds is 4. The molecule has 2 heterocycles. The van der Waals surface area contributed by atoms with Crippen LogP contribution < -0.4 is 5.63 Å². The maximum absolute atomic E-state index is 11.9. The first kappa shape index (κ1) is 16.2. The molecule has 124 valence electrons. The Morgan fingerprint density at radius 2 is 1.78 bits per heavy atom. The summed E-state index contributed by atoms with van der Waals surface area (Å²) in [5, 5.41) is 1.08. The van der Waals surface area contributed by atoms with Crippen LogP contribution in [0.1, 0.15) is 37.8 Å². The molecule has 1 aromatic heterocycles. The smallest absolute Gasteiger partial charge is 0.336 e. The molecule has 4 heteroatoms. The minimum atomic E-state index is -0.253. The molecule has 1 saturated heterocycles. The predicted octanol–water partition coefficient (Wildman–Crippen LogP) is 3.05. The van der Waals surface area contributed by atoms with Crippen molar-refractivity contribution in [1.29, 1.82) is 0 Å². The Labute approximate surface area is 137 Å². The summed E-state index contributed by atoms with van der Waals surface area (Å²) >= 11 is 0. The van der Waals surface area contributed by atoms with Gasteiger partial charge in [0.05, 0.1) is 0 Å². The standard InChI is InChI=1S/C19H26N2O2/c1-4-20-7-9-21(10-8-20)13-16-12-19(22)23-18-6-5-15(14(2)3)11-17(16)18/h5-6,11-12,14H,4,7-10,13H2,1-3H3. The van der Waals surface area contributed by atoms with E-state index < -0.39 is 0 Å². The monoisotopic (exact) mass is 314 g/mol. The predicted molar refractivity (Wildman–Crippen MR) is 94.0 cm³/mol. The molecule has 2 aromatic rings. The molecular weight excluding hydrogens is 288 g/mol. The fraction of sp³-hybridized carbons (Fsp3) is 0.526. The molecule has 0 spiro atoms. The average molecular weight is 314 g/mol. The van der Waals surface area contributed by atoms with Crippen LogP contribution in [0.5, 0.6) is 0 Å². The summed E-state index contributed by atoms with van der Waals surface area (Å²) in [6.07, 6.45) is 0. The Kier molecular flexibility index (Phi) is 4.83. The van der Waals surface area contributed by atoms with Gasteiger partial charge in [0.1, 0.15) is 5.58 Å². The quantitative estimate of drug-likeness (QED) is 0.813. The Morgan fingerprint density at radius 1 is 1.09 bits per heavy atom. The normalized spacial score (nSPS) is 17.2. The number of hydrogen-bond acceptors (Lipinski definition) is 4. The third-order valence-electron chi connectivity index (χ3n) is 4.82. The van der Waals surface area contributed by atoms with Crippen LogP contribution in [0.4, 0.5) is 0 Å². The second-order valence-electron chi connectivity index (χ2n) is 6.71. The lowest BCUT2D eigenvalue weighted by molar-refractivity contribution is 0.132. The molecule has 1 fully saturated rings. The van der Waals surface area contributed by atoms with Crippen molar-refractivity contribution >= 4 is 11.0 Å². The van der Waals surface area contributed by atoms with Crippen molar-refractivity contribution in [2.24, 2.45) is 0 Å². The Morgan fingerprint density at radius 3 is 2.43 bits per heavy atom. The lowest BCUT2D eigenvalue weighted by atomic mass is 9.99. The molecule has 23 heavy (non-hydrogen) atoms. The van der Waals surface area contributed by atoms with E-state index in [0.717, 1.165) is 50.2 Å². The van der Waals surface area contributed by atoms with Crippen LogP contribution in [-0.2, 0) is 6.54 Å². The Hall–Kier alpha value is -1.65. The molecule has 1 aliphatic heterocycles. The number of piperazine rings is 1. The van der Waals surface area contributed by atoms with E-state index in [1.54, 1.807) is 6.07 Å². The minimum Gasteiger partial charge on any atom is -0.423 e. The van der Waals surface area contributed by atoms with Crippen molar-refractivity contribution in [2.75, 3.05) is 32.7 Å². The van der Waals surface area contributed by atoms with Crippen LogP contribution in [0.2, 0.25) is 0 Å². The minimum absolute atomic E-state index is 0.253. The zero-order chi connectivity index (χ0) is 16.4. The maximum Gasteiger partial charge on any atom is 0.336 e. The summed E-state index contributed by atoms with van der Waals surface area (Å²) in [6, 6.07) is 7.84. The lowest BCUT2D eigenvalue weighted by Crippen LogP contribution is -2.45. The molecule has 0 radical (unpaired) electrons. The number of hydrogen-bond donors (Lipinski definition) is 0. The number of benzene rings is 1. The zero-order valence-electron chi connectivity index (χ0n) is 14.3. The fourth-order valence-electron chi connectivity index (χ4n) is 3.24. The van der Waals surface area contributed by atoms with E-state index in [0.29, 0.717) is 11.5 Å².